The van der Waals surface area contributed by atoms with Crippen LogP contribution in [-0.2, 0) is 11.3 Å². The normalized spacial score (nSPS) is 21.4. The monoisotopic (exact) mass is 265 g/mol. The molecule has 0 aliphatic carbocycles. The van der Waals surface area contributed by atoms with Gasteiger partial charge in [-0.3, -0.25) is 9.48 Å². The Balaban J connectivity index is 2.03. The lowest BCUT2D eigenvalue weighted by atomic mass is 10.2. The highest BCUT2D eigenvalue weighted by Gasteiger charge is 2.26. The quantitative estimate of drug-likeness (QED) is 0.859. The van der Waals surface area contributed by atoms with Gasteiger partial charge in [0.1, 0.15) is 6.54 Å². The third-order valence-corrected chi connectivity index (χ3v) is 3.64. The summed E-state index contributed by atoms with van der Waals surface area (Å²) in [6.07, 6.45) is 5.28. The number of carbonyl (C=O) groups is 1. The van der Waals surface area contributed by atoms with E-state index in [4.69, 9.17) is 5.73 Å². The van der Waals surface area contributed by atoms with E-state index >= 15 is 0 Å². The SMILES string of the molecule is CCC1CN(C)CCCN1C(=O)Cn1cc(N)cn1. The van der Waals surface area contributed by atoms with Crippen LogP contribution in [0.25, 0.3) is 0 Å². The number of hydrogen-bond acceptors (Lipinski definition) is 4. The van der Waals surface area contributed by atoms with Gasteiger partial charge >= 0.3 is 0 Å². The van der Waals surface area contributed by atoms with Gasteiger partial charge in [-0.05, 0) is 26.4 Å². The first-order valence-electron chi connectivity index (χ1n) is 6.86. The smallest absolute Gasteiger partial charge is 0.244 e. The number of likely N-dealkylation sites (N-methyl/N-ethyl adjacent to an activating group) is 1. The Labute approximate surface area is 114 Å². The Morgan fingerprint density at radius 2 is 2.32 bits per heavy atom. The van der Waals surface area contributed by atoms with Crippen molar-refractivity contribution in [2.45, 2.75) is 32.4 Å². The Morgan fingerprint density at radius 1 is 1.53 bits per heavy atom. The number of nitrogen functional groups attached to an aromatic ring is 1. The van der Waals surface area contributed by atoms with Crippen molar-refractivity contribution in [2.75, 3.05) is 32.4 Å². The summed E-state index contributed by atoms with van der Waals surface area (Å²) in [5.41, 5.74) is 6.21. The molecule has 19 heavy (non-hydrogen) atoms. The minimum atomic E-state index is 0.130. The molecule has 1 saturated heterocycles. The Morgan fingerprint density at radius 3 is 2.95 bits per heavy atom. The average Bonchev–Trinajstić information content (AvgIpc) is 2.67. The zero-order valence-corrected chi connectivity index (χ0v) is 11.7. The summed E-state index contributed by atoms with van der Waals surface area (Å²) in [4.78, 5) is 16.7. The van der Waals surface area contributed by atoms with Crippen LogP contribution in [0.4, 0.5) is 5.69 Å². The minimum absolute atomic E-state index is 0.130. The molecule has 0 spiro atoms. The van der Waals surface area contributed by atoms with Crippen LogP contribution >= 0.6 is 0 Å². The molecule has 1 aliphatic rings. The lowest BCUT2D eigenvalue weighted by molar-refractivity contribution is -0.134. The van der Waals surface area contributed by atoms with Crippen molar-refractivity contribution < 1.29 is 4.79 Å². The summed E-state index contributed by atoms with van der Waals surface area (Å²) in [6.45, 7) is 5.24. The number of carbonyl (C=O) groups excluding carboxylic acids is 1. The van der Waals surface area contributed by atoms with E-state index in [-0.39, 0.29) is 12.5 Å². The van der Waals surface area contributed by atoms with Crippen molar-refractivity contribution in [3.63, 3.8) is 0 Å². The third kappa shape index (κ3) is 3.47. The molecule has 2 N–H and O–H groups in total. The summed E-state index contributed by atoms with van der Waals surface area (Å²) in [5.74, 6) is 0.130. The van der Waals surface area contributed by atoms with Crippen LogP contribution < -0.4 is 5.73 Å². The maximum absolute atomic E-state index is 12.4. The fraction of sp³-hybridized carbons (Fsp3) is 0.692. The molecule has 6 nitrogen and oxygen atoms in total. The van der Waals surface area contributed by atoms with Gasteiger partial charge in [0.15, 0.2) is 0 Å². The second-order valence-corrected chi connectivity index (χ2v) is 5.24. The van der Waals surface area contributed by atoms with E-state index in [9.17, 15) is 4.79 Å². The predicted molar refractivity (Wildman–Crippen MR) is 74.5 cm³/mol. The molecule has 106 valence electrons. The first kappa shape index (κ1) is 13.9. The van der Waals surface area contributed by atoms with Crippen molar-refractivity contribution in [1.82, 2.24) is 19.6 Å². The van der Waals surface area contributed by atoms with E-state index in [1.54, 1.807) is 17.1 Å². The number of anilines is 1. The molecule has 1 aliphatic heterocycles. The molecule has 1 atom stereocenters. The molecule has 1 aromatic heterocycles. The van der Waals surface area contributed by atoms with Crippen molar-refractivity contribution >= 4 is 11.6 Å². The largest absolute Gasteiger partial charge is 0.396 e. The third-order valence-electron chi connectivity index (χ3n) is 3.64. The number of aromatic nitrogens is 2. The Kier molecular flexibility index (Phi) is 4.42. The van der Waals surface area contributed by atoms with Crippen molar-refractivity contribution in [1.29, 1.82) is 0 Å². The van der Waals surface area contributed by atoms with E-state index in [0.717, 1.165) is 32.5 Å². The highest BCUT2D eigenvalue weighted by Crippen LogP contribution is 2.13. The predicted octanol–water partition coefficient (Wildman–Crippen LogP) is 0.408. The molecule has 1 fully saturated rings. The first-order chi connectivity index (χ1) is 9.10. The maximum atomic E-state index is 12.4. The van der Waals surface area contributed by atoms with Crippen LogP contribution in [0.15, 0.2) is 12.4 Å². The Bertz CT molecular complexity index is 430. The maximum Gasteiger partial charge on any atom is 0.244 e. The van der Waals surface area contributed by atoms with Gasteiger partial charge in [-0.25, -0.2) is 0 Å². The number of nitrogens with zero attached hydrogens (tertiary/aromatic N) is 4. The standard InChI is InChI=1S/C13H23N5O/c1-3-12-9-16(2)5-4-6-18(12)13(19)10-17-8-11(14)7-15-17/h7-8,12H,3-6,9-10,14H2,1-2H3. The molecule has 0 bridgehead atoms. The highest BCUT2D eigenvalue weighted by molar-refractivity contribution is 5.76. The van der Waals surface area contributed by atoms with Crippen LogP contribution in [0.1, 0.15) is 19.8 Å². The molecule has 0 radical (unpaired) electrons. The van der Waals surface area contributed by atoms with Crippen molar-refractivity contribution in [2.24, 2.45) is 0 Å². The second-order valence-electron chi connectivity index (χ2n) is 5.24. The summed E-state index contributed by atoms with van der Waals surface area (Å²) in [7, 11) is 2.12. The van der Waals surface area contributed by atoms with Gasteiger partial charge in [-0.1, -0.05) is 6.92 Å². The highest BCUT2D eigenvalue weighted by atomic mass is 16.2. The number of nitrogens with two attached hydrogens (primary N) is 1. The fourth-order valence-electron chi connectivity index (χ4n) is 2.62. The van der Waals surface area contributed by atoms with Crippen LogP contribution in [-0.4, -0.2) is 58.2 Å². The molecule has 2 heterocycles. The molecule has 1 amide bonds. The Hall–Kier alpha value is -1.56. The average molecular weight is 265 g/mol. The molecule has 1 aromatic rings. The molecule has 6 heteroatoms. The van der Waals surface area contributed by atoms with E-state index < -0.39 is 0 Å². The summed E-state index contributed by atoms with van der Waals surface area (Å²) in [6, 6.07) is 0.299. The molecule has 2 rings (SSSR count). The lowest BCUT2D eigenvalue weighted by Crippen LogP contribution is -2.44. The second kappa shape index (κ2) is 6.06. The van der Waals surface area contributed by atoms with E-state index in [0.29, 0.717) is 11.7 Å². The summed E-state index contributed by atoms with van der Waals surface area (Å²) >= 11 is 0. The summed E-state index contributed by atoms with van der Waals surface area (Å²) in [5, 5.41) is 4.07. The fourth-order valence-corrected chi connectivity index (χ4v) is 2.62. The van der Waals surface area contributed by atoms with Gasteiger partial charge in [-0.2, -0.15) is 5.10 Å². The van der Waals surface area contributed by atoms with Crippen LogP contribution in [0.5, 0.6) is 0 Å². The van der Waals surface area contributed by atoms with Gasteiger partial charge in [0, 0.05) is 25.3 Å². The van der Waals surface area contributed by atoms with Crippen molar-refractivity contribution in [3.8, 4) is 0 Å². The zero-order chi connectivity index (χ0) is 13.8. The van der Waals surface area contributed by atoms with Gasteiger partial charge in [-0.15, -0.1) is 0 Å². The van der Waals surface area contributed by atoms with E-state index in [1.165, 1.54) is 0 Å². The molecule has 0 aromatic carbocycles. The van der Waals surface area contributed by atoms with Gasteiger partial charge in [0.2, 0.25) is 5.91 Å². The van der Waals surface area contributed by atoms with Crippen LogP contribution in [0, 0.1) is 0 Å². The van der Waals surface area contributed by atoms with Crippen LogP contribution in [0.3, 0.4) is 0 Å². The minimum Gasteiger partial charge on any atom is -0.396 e. The molecular weight excluding hydrogens is 242 g/mol. The molecule has 1 unspecified atom stereocenters. The van der Waals surface area contributed by atoms with Crippen LogP contribution in [0.2, 0.25) is 0 Å². The summed E-state index contributed by atoms with van der Waals surface area (Å²) < 4.78 is 1.61. The topological polar surface area (TPSA) is 67.4 Å². The zero-order valence-electron chi connectivity index (χ0n) is 11.7. The molecule has 0 saturated carbocycles. The van der Waals surface area contributed by atoms with Gasteiger partial charge in [0.25, 0.3) is 0 Å². The molecular formula is C13H23N5O. The van der Waals surface area contributed by atoms with Crippen molar-refractivity contribution in [3.05, 3.63) is 12.4 Å². The number of amides is 1. The van der Waals surface area contributed by atoms with E-state index in [2.05, 4.69) is 24.0 Å². The van der Waals surface area contributed by atoms with Gasteiger partial charge in [0.05, 0.1) is 11.9 Å². The first-order valence-corrected chi connectivity index (χ1v) is 6.86. The van der Waals surface area contributed by atoms with Gasteiger partial charge < -0.3 is 15.5 Å². The lowest BCUT2D eigenvalue weighted by Gasteiger charge is -2.30. The number of rotatable bonds is 3. The number of hydrogen-bond donors (Lipinski definition) is 1. The van der Waals surface area contributed by atoms with E-state index in [1.807, 2.05) is 4.90 Å².